The first-order chi connectivity index (χ1) is 17.3. The maximum Gasteiger partial charge on any atom is 0.190 e. The molecule has 0 aliphatic heterocycles. The van der Waals surface area contributed by atoms with Crippen molar-refractivity contribution in [1.29, 1.82) is 0 Å². The predicted octanol–water partition coefficient (Wildman–Crippen LogP) is 5.85. The number of nitrogens with one attached hydrogen (secondary N) is 2. The molecule has 1 aromatic heterocycles. The Morgan fingerprint density at radius 3 is 1.80 bits per heavy atom. The van der Waals surface area contributed by atoms with Crippen molar-refractivity contribution in [3.8, 4) is 0 Å². The summed E-state index contributed by atoms with van der Waals surface area (Å²) in [5.74, 6) is 0.820. The van der Waals surface area contributed by atoms with Crippen LogP contribution in [0.5, 0.6) is 0 Å². The van der Waals surface area contributed by atoms with Gasteiger partial charge in [0.25, 0.3) is 0 Å². The molecule has 0 amide bonds. The number of hydrogen-bond donors (Lipinski definition) is 2. The Balaban J connectivity index is 1.43. The average molecular weight is 484 g/mol. The molecule has 180 valence electrons. The van der Waals surface area contributed by atoms with E-state index in [1.807, 2.05) is 25.2 Å². The minimum Gasteiger partial charge on any atom is -0.361 e. The average Bonchev–Trinajstić information content (AvgIpc) is 3.45. The Bertz CT molecular complexity index is 1050. The summed E-state index contributed by atoms with van der Waals surface area (Å²) in [7, 11) is 1.81. The maximum atomic E-state index is 6.83. The van der Waals surface area contributed by atoms with Gasteiger partial charge in [-0.3, -0.25) is 4.99 Å². The van der Waals surface area contributed by atoms with Crippen molar-refractivity contribution < 1.29 is 4.74 Å². The molecule has 0 unspecified atom stereocenters. The minimum absolute atomic E-state index is 0.595. The molecule has 0 saturated heterocycles. The van der Waals surface area contributed by atoms with Gasteiger partial charge in [0.2, 0.25) is 0 Å². The van der Waals surface area contributed by atoms with Crippen LogP contribution in [-0.4, -0.2) is 32.7 Å². The number of ether oxygens (including phenoxy) is 1. The summed E-state index contributed by atoms with van der Waals surface area (Å²) in [6.45, 7) is 2.22. The highest BCUT2D eigenvalue weighted by Crippen LogP contribution is 2.40. The summed E-state index contributed by atoms with van der Waals surface area (Å²) >= 11 is 1.73. The van der Waals surface area contributed by atoms with Gasteiger partial charge in [-0.25, -0.2) is 0 Å². The molecule has 1 heterocycles. The zero-order valence-electron chi connectivity index (χ0n) is 20.2. The minimum atomic E-state index is -0.676. The number of rotatable bonds is 11. The van der Waals surface area contributed by atoms with E-state index in [1.165, 1.54) is 5.56 Å². The molecular formula is C30H33N3OS. The lowest BCUT2D eigenvalue weighted by Gasteiger charge is -2.36. The Morgan fingerprint density at radius 1 is 0.771 bits per heavy atom. The quantitative estimate of drug-likeness (QED) is 0.122. The van der Waals surface area contributed by atoms with Gasteiger partial charge in [-0.2, -0.15) is 11.3 Å². The number of aliphatic imine (C=N–C) groups is 1. The summed E-state index contributed by atoms with van der Waals surface area (Å²) in [5.41, 5.74) is 4.04. The Morgan fingerprint density at radius 2 is 1.31 bits per heavy atom. The van der Waals surface area contributed by atoms with Crippen LogP contribution in [0, 0.1) is 0 Å². The molecule has 0 aliphatic rings. The molecule has 0 atom stereocenters. The second kappa shape index (κ2) is 12.9. The zero-order valence-corrected chi connectivity index (χ0v) is 21.0. The van der Waals surface area contributed by atoms with Gasteiger partial charge in [0.15, 0.2) is 5.96 Å². The molecule has 4 aromatic rings. The van der Waals surface area contributed by atoms with Crippen molar-refractivity contribution in [2.45, 2.75) is 18.4 Å². The van der Waals surface area contributed by atoms with Crippen molar-refractivity contribution in [3.63, 3.8) is 0 Å². The van der Waals surface area contributed by atoms with E-state index in [-0.39, 0.29) is 0 Å². The van der Waals surface area contributed by atoms with Crippen LogP contribution in [0.4, 0.5) is 0 Å². The lowest BCUT2D eigenvalue weighted by atomic mass is 9.80. The fraction of sp³-hybridized carbons (Fsp3) is 0.233. The monoisotopic (exact) mass is 483 g/mol. The molecule has 0 radical (unpaired) electrons. The van der Waals surface area contributed by atoms with Crippen LogP contribution in [0.25, 0.3) is 0 Å². The van der Waals surface area contributed by atoms with Crippen LogP contribution in [0.15, 0.2) is 113 Å². The summed E-state index contributed by atoms with van der Waals surface area (Å²) in [5, 5.41) is 11.1. The van der Waals surface area contributed by atoms with Crippen LogP contribution in [0.1, 0.15) is 28.7 Å². The molecule has 0 aliphatic carbocycles. The fourth-order valence-corrected chi connectivity index (χ4v) is 4.96. The van der Waals surface area contributed by atoms with E-state index in [2.05, 4.69) is 105 Å². The number of nitrogens with zero attached hydrogens (tertiary/aromatic N) is 1. The Hall–Kier alpha value is -3.41. The number of thiophene rings is 1. The highest BCUT2D eigenvalue weighted by molar-refractivity contribution is 7.07. The molecule has 0 saturated carbocycles. The van der Waals surface area contributed by atoms with Gasteiger partial charge in [0.1, 0.15) is 5.60 Å². The van der Waals surface area contributed by atoms with Gasteiger partial charge >= 0.3 is 0 Å². The van der Waals surface area contributed by atoms with E-state index in [1.54, 1.807) is 11.3 Å². The molecule has 3 aromatic carbocycles. The predicted molar refractivity (Wildman–Crippen MR) is 147 cm³/mol. The second-order valence-electron chi connectivity index (χ2n) is 8.29. The summed E-state index contributed by atoms with van der Waals surface area (Å²) in [4.78, 5) is 4.35. The summed E-state index contributed by atoms with van der Waals surface area (Å²) in [6.07, 6.45) is 1.83. The Kier molecular flexibility index (Phi) is 9.10. The van der Waals surface area contributed by atoms with Gasteiger partial charge < -0.3 is 15.4 Å². The maximum absolute atomic E-state index is 6.83. The number of benzene rings is 3. The van der Waals surface area contributed by atoms with Crippen LogP contribution < -0.4 is 10.6 Å². The normalized spacial score (nSPS) is 11.9. The molecule has 0 spiro atoms. The molecule has 5 heteroatoms. The van der Waals surface area contributed by atoms with Crippen molar-refractivity contribution in [2.24, 2.45) is 4.99 Å². The van der Waals surface area contributed by atoms with Crippen LogP contribution in [-0.2, 0) is 16.8 Å². The third kappa shape index (κ3) is 6.38. The molecule has 35 heavy (non-hydrogen) atoms. The van der Waals surface area contributed by atoms with Crippen LogP contribution in [0.2, 0.25) is 0 Å². The molecule has 4 nitrogen and oxygen atoms in total. The molecule has 4 rings (SSSR count). The van der Waals surface area contributed by atoms with Crippen LogP contribution in [0.3, 0.4) is 0 Å². The molecular weight excluding hydrogens is 450 g/mol. The van der Waals surface area contributed by atoms with E-state index in [0.717, 1.165) is 48.6 Å². The van der Waals surface area contributed by atoms with E-state index in [4.69, 9.17) is 4.74 Å². The van der Waals surface area contributed by atoms with Gasteiger partial charge in [0.05, 0.1) is 6.61 Å². The zero-order chi connectivity index (χ0) is 24.2. The van der Waals surface area contributed by atoms with Crippen LogP contribution >= 0.6 is 11.3 Å². The van der Waals surface area contributed by atoms with Gasteiger partial charge in [-0.15, -0.1) is 0 Å². The van der Waals surface area contributed by atoms with Gasteiger partial charge in [-0.05, 0) is 51.9 Å². The Labute approximate surface area is 212 Å². The standard InChI is InChI=1S/C30H33N3OS/c1-31-29(33-21-18-25-19-23-35-24-25)32-20-11-22-34-30(26-12-5-2-6-13-26,27-14-7-3-8-15-27)28-16-9-4-10-17-28/h2-10,12-17,19,23-24H,11,18,20-22H2,1H3,(H2,31,32,33). The molecule has 0 bridgehead atoms. The summed E-state index contributed by atoms with van der Waals surface area (Å²) < 4.78 is 6.83. The largest absolute Gasteiger partial charge is 0.361 e. The van der Waals surface area contributed by atoms with E-state index in [9.17, 15) is 0 Å². The first-order valence-electron chi connectivity index (χ1n) is 12.1. The number of hydrogen-bond acceptors (Lipinski definition) is 3. The van der Waals surface area contributed by atoms with Gasteiger partial charge in [-0.1, -0.05) is 91.0 Å². The number of guanidine groups is 1. The third-order valence-electron chi connectivity index (χ3n) is 5.98. The van der Waals surface area contributed by atoms with E-state index in [0.29, 0.717) is 6.61 Å². The van der Waals surface area contributed by atoms with Crippen molar-refractivity contribution in [3.05, 3.63) is 130 Å². The van der Waals surface area contributed by atoms with Crippen molar-refractivity contribution in [1.82, 2.24) is 10.6 Å². The lowest BCUT2D eigenvalue weighted by molar-refractivity contribution is 0.0120. The van der Waals surface area contributed by atoms with Gasteiger partial charge in [0, 0.05) is 20.1 Å². The SMILES string of the molecule is CN=C(NCCCOC(c1ccccc1)(c1ccccc1)c1ccccc1)NCCc1ccsc1. The van der Waals surface area contributed by atoms with E-state index >= 15 is 0 Å². The molecule has 2 N–H and O–H groups in total. The first kappa shape index (κ1) is 24.7. The van der Waals surface area contributed by atoms with Crippen molar-refractivity contribution in [2.75, 3.05) is 26.7 Å². The van der Waals surface area contributed by atoms with E-state index < -0.39 is 5.60 Å². The van der Waals surface area contributed by atoms with Crippen molar-refractivity contribution >= 4 is 17.3 Å². The highest BCUT2D eigenvalue weighted by Gasteiger charge is 2.37. The highest BCUT2D eigenvalue weighted by atomic mass is 32.1. The topological polar surface area (TPSA) is 45.7 Å². The molecule has 0 fully saturated rings. The first-order valence-corrected chi connectivity index (χ1v) is 13.0. The third-order valence-corrected chi connectivity index (χ3v) is 6.71. The smallest absolute Gasteiger partial charge is 0.190 e. The fourth-order valence-electron chi connectivity index (χ4n) is 4.25. The second-order valence-corrected chi connectivity index (χ2v) is 9.07. The lowest BCUT2D eigenvalue weighted by Crippen LogP contribution is -2.39. The summed E-state index contributed by atoms with van der Waals surface area (Å²) in [6, 6.07) is 33.7.